The van der Waals surface area contributed by atoms with Crippen molar-refractivity contribution < 1.29 is 13.9 Å². The van der Waals surface area contributed by atoms with E-state index >= 15 is 0 Å². The molecule has 33 heavy (non-hydrogen) atoms. The lowest BCUT2D eigenvalue weighted by atomic mass is 9.80. The molecule has 0 aromatic heterocycles. The summed E-state index contributed by atoms with van der Waals surface area (Å²) >= 11 is 0. The molecule has 1 heterocycles. The molecule has 1 aromatic carbocycles. The third-order valence-corrected chi connectivity index (χ3v) is 8.14. The molecule has 1 aromatic rings. The van der Waals surface area contributed by atoms with Crippen molar-refractivity contribution in [3.8, 4) is 5.75 Å². The zero-order chi connectivity index (χ0) is 23.4. The molecule has 3 nitrogen and oxygen atoms in total. The third kappa shape index (κ3) is 5.58. The zero-order valence-corrected chi connectivity index (χ0v) is 20.6. The van der Waals surface area contributed by atoms with Crippen LogP contribution in [0.3, 0.4) is 0 Å². The highest BCUT2D eigenvalue weighted by molar-refractivity contribution is 6.00. The van der Waals surface area contributed by atoms with Gasteiger partial charge in [0.15, 0.2) is 17.3 Å². The molecule has 5 rings (SSSR count). The maximum atomic E-state index is 14.4. The highest BCUT2D eigenvalue weighted by Gasteiger charge is 2.44. The quantitative estimate of drug-likeness (QED) is 0.433. The highest BCUT2D eigenvalue weighted by atomic mass is 19.1. The second-order valence-corrected chi connectivity index (χ2v) is 10.4. The number of hydrogen-bond acceptors (Lipinski definition) is 3. The number of halogens is 1. The van der Waals surface area contributed by atoms with Crippen LogP contribution in [-0.4, -0.2) is 18.1 Å². The van der Waals surface area contributed by atoms with E-state index in [0.717, 1.165) is 68.3 Å². The van der Waals surface area contributed by atoms with E-state index in [-0.39, 0.29) is 23.6 Å². The fourth-order valence-corrected chi connectivity index (χ4v) is 6.70. The minimum Gasteiger partial charge on any atom is -0.487 e. The smallest absolute Gasteiger partial charge is 0.184 e. The van der Waals surface area contributed by atoms with Gasteiger partial charge in [-0.25, -0.2) is 4.39 Å². The normalized spacial score (nSPS) is 29.4. The number of benzene rings is 1. The summed E-state index contributed by atoms with van der Waals surface area (Å²) in [7, 11) is 0. The Bertz CT molecular complexity index is 872. The zero-order valence-electron chi connectivity index (χ0n) is 20.6. The van der Waals surface area contributed by atoms with Crippen molar-refractivity contribution in [2.75, 3.05) is 0 Å². The second kappa shape index (κ2) is 11.0. The van der Waals surface area contributed by atoms with Crippen LogP contribution in [0, 0.1) is 35.4 Å². The summed E-state index contributed by atoms with van der Waals surface area (Å²) < 4.78 is 20.4. The van der Waals surface area contributed by atoms with Crippen LogP contribution >= 0.6 is 0 Å². The maximum absolute atomic E-state index is 14.4. The first-order valence-corrected chi connectivity index (χ1v) is 13.3. The first-order valence-electron chi connectivity index (χ1n) is 13.3. The van der Waals surface area contributed by atoms with E-state index in [1.807, 2.05) is 38.3 Å². The van der Waals surface area contributed by atoms with Gasteiger partial charge in [-0.3, -0.25) is 9.79 Å². The van der Waals surface area contributed by atoms with Gasteiger partial charge in [-0.1, -0.05) is 26.8 Å². The predicted octanol–water partition coefficient (Wildman–Crippen LogP) is 7.33. The van der Waals surface area contributed by atoms with Gasteiger partial charge in [0, 0.05) is 18.6 Å². The van der Waals surface area contributed by atoms with E-state index in [2.05, 4.69) is 11.9 Å². The van der Waals surface area contributed by atoms with Gasteiger partial charge >= 0.3 is 0 Å². The van der Waals surface area contributed by atoms with Crippen LogP contribution in [0.5, 0.6) is 5.75 Å². The Morgan fingerprint density at radius 2 is 1.82 bits per heavy atom. The Balaban J connectivity index is 0.00000126. The van der Waals surface area contributed by atoms with Crippen LogP contribution in [0.2, 0.25) is 0 Å². The van der Waals surface area contributed by atoms with Crippen LogP contribution in [0.15, 0.2) is 35.0 Å². The van der Waals surface area contributed by atoms with Gasteiger partial charge in [0.05, 0.1) is 6.10 Å². The Labute approximate surface area is 198 Å². The minimum absolute atomic E-state index is 0.0767. The predicted molar refractivity (Wildman–Crippen MR) is 132 cm³/mol. The molecule has 3 unspecified atom stereocenters. The van der Waals surface area contributed by atoms with E-state index in [1.54, 1.807) is 0 Å². The lowest BCUT2D eigenvalue weighted by Gasteiger charge is -2.24. The van der Waals surface area contributed by atoms with Crippen molar-refractivity contribution in [2.24, 2.45) is 34.6 Å². The third-order valence-electron chi connectivity index (χ3n) is 8.14. The van der Waals surface area contributed by atoms with Crippen LogP contribution in [0.25, 0.3) is 0 Å². The largest absolute Gasteiger partial charge is 0.487 e. The Morgan fingerprint density at radius 3 is 2.45 bits per heavy atom. The van der Waals surface area contributed by atoms with E-state index in [1.165, 1.54) is 18.9 Å². The summed E-state index contributed by atoms with van der Waals surface area (Å²) in [5.74, 6) is 2.91. The molecule has 0 amide bonds. The number of fused-ring (bicyclic) bond motifs is 1. The van der Waals surface area contributed by atoms with Crippen LogP contribution in [0.1, 0.15) is 84.1 Å². The molecular formula is C29H40FNO2. The van der Waals surface area contributed by atoms with Crippen molar-refractivity contribution in [3.05, 3.63) is 41.4 Å². The lowest BCUT2D eigenvalue weighted by Crippen LogP contribution is -2.26. The molecule has 0 N–H and O–H groups in total. The molecule has 3 saturated carbocycles. The van der Waals surface area contributed by atoms with Crippen molar-refractivity contribution in [1.29, 1.82) is 0 Å². The Hall–Kier alpha value is -1.97. The molecule has 180 valence electrons. The van der Waals surface area contributed by atoms with Crippen LogP contribution < -0.4 is 4.74 Å². The molecule has 4 aliphatic rings. The highest BCUT2D eigenvalue weighted by Crippen LogP contribution is 2.52. The number of ketones is 1. The van der Waals surface area contributed by atoms with E-state index < -0.39 is 0 Å². The number of allylic oxidation sites excluding steroid dienone is 2. The SMILES string of the molecule is CC.CC1C[C@@H]2CC(C(Cc3ccc(F)c(OC4CCCC4)c3)C(=O)C3=CCC=N3)C[C@@H]2C1. The standard InChI is InChI=1S/C27H34FNO2.C2H6/c1-17-11-19-15-21(16-20(19)12-17)23(27(30)25-7-4-10-29-25)13-18-8-9-24(28)26(14-18)31-22-5-2-3-6-22;1-2/h7-10,14,17,19-23H,2-6,11-13,15-16H2,1H3;1-2H3/t17?,19-,20+,21?,23?;. The molecule has 5 atom stereocenters. The van der Waals surface area contributed by atoms with Gasteiger partial charge in [-0.05, 0) is 105 Å². The number of hydrogen-bond donors (Lipinski definition) is 0. The van der Waals surface area contributed by atoms with E-state index in [9.17, 15) is 9.18 Å². The van der Waals surface area contributed by atoms with Gasteiger partial charge in [0.1, 0.15) is 5.70 Å². The van der Waals surface area contributed by atoms with Gasteiger partial charge in [-0.2, -0.15) is 0 Å². The number of rotatable bonds is 7. The topological polar surface area (TPSA) is 38.7 Å². The Morgan fingerprint density at radius 1 is 1.12 bits per heavy atom. The maximum Gasteiger partial charge on any atom is 0.184 e. The van der Waals surface area contributed by atoms with Crippen molar-refractivity contribution >= 4 is 12.0 Å². The first kappa shape index (κ1) is 24.2. The lowest BCUT2D eigenvalue weighted by molar-refractivity contribution is -0.120. The molecule has 1 aliphatic heterocycles. The molecule has 0 spiro atoms. The van der Waals surface area contributed by atoms with E-state index in [0.29, 0.717) is 23.8 Å². The monoisotopic (exact) mass is 453 g/mol. The summed E-state index contributed by atoms with van der Waals surface area (Å²) in [4.78, 5) is 17.8. The molecule has 0 saturated heterocycles. The van der Waals surface area contributed by atoms with E-state index in [4.69, 9.17) is 4.74 Å². The number of carbonyl (C=O) groups is 1. The molecular weight excluding hydrogens is 413 g/mol. The van der Waals surface area contributed by atoms with Gasteiger partial charge in [0.25, 0.3) is 0 Å². The van der Waals surface area contributed by atoms with Crippen LogP contribution in [-0.2, 0) is 11.2 Å². The van der Waals surface area contributed by atoms with Gasteiger partial charge < -0.3 is 4.74 Å². The number of Topliss-reactive ketones (excluding diaryl/α,β-unsaturated/α-hetero) is 1. The molecule has 0 radical (unpaired) electrons. The molecule has 4 heteroatoms. The molecule has 3 aliphatic carbocycles. The summed E-state index contributed by atoms with van der Waals surface area (Å²) in [5.41, 5.74) is 1.63. The second-order valence-electron chi connectivity index (χ2n) is 10.4. The summed E-state index contributed by atoms with van der Waals surface area (Å²) in [6, 6.07) is 5.19. The van der Waals surface area contributed by atoms with Crippen LogP contribution in [0.4, 0.5) is 4.39 Å². The number of ether oxygens (including phenoxy) is 1. The summed E-state index contributed by atoms with van der Waals surface area (Å²) in [6.07, 6.45) is 14.5. The van der Waals surface area contributed by atoms with Gasteiger partial charge in [0.2, 0.25) is 0 Å². The summed E-state index contributed by atoms with van der Waals surface area (Å²) in [5, 5.41) is 0. The fraction of sp³-hybridized carbons (Fsp3) is 0.655. The average Bonchev–Trinajstić information content (AvgIpc) is 3.60. The molecule has 0 bridgehead atoms. The van der Waals surface area contributed by atoms with Crippen molar-refractivity contribution in [1.82, 2.24) is 0 Å². The van der Waals surface area contributed by atoms with Gasteiger partial charge in [-0.15, -0.1) is 0 Å². The Kier molecular flexibility index (Phi) is 8.03. The van der Waals surface area contributed by atoms with Crippen molar-refractivity contribution in [2.45, 2.75) is 91.1 Å². The average molecular weight is 454 g/mol. The number of carbonyl (C=O) groups excluding carboxylic acids is 1. The minimum atomic E-state index is -0.300. The summed E-state index contributed by atoms with van der Waals surface area (Å²) in [6.45, 7) is 6.36. The molecule has 3 fully saturated rings. The van der Waals surface area contributed by atoms with Crippen molar-refractivity contribution in [3.63, 3.8) is 0 Å². The first-order chi connectivity index (χ1) is 16.1. The number of nitrogens with zero attached hydrogens (tertiary/aromatic N) is 1. The number of aliphatic imine (C=N–C) groups is 1. The fourth-order valence-electron chi connectivity index (χ4n) is 6.70.